The lowest BCUT2D eigenvalue weighted by Gasteiger charge is -2.20. The molecule has 1 aromatic carbocycles. The first-order valence-electron chi connectivity index (χ1n) is 8.93. The van der Waals surface area contributed by atoms with Gasteiger partial charge in [-0.2, -0.15) is 0 Å². The Morgan fingerprint density at radius 2 is 1.69 bits per heavy atom. The number of para-hydroxylation sites is 1. The van der Waals surface area contributed by atoms with Gasteiger partial charge in [0.05, 0.1) is 5.75 Å². The predicted octanol–water partition coefficient (Wildman–Crippen LogP) is 5.34. The summed E-state index contributed by atoms with van der Waals surface area (Å²) in [4.78, 5) is 12.5. The molecule has 1 amide bonds. The molecule has 2 aromatic rings. The number of nitrogens with one attached hydrogen (secondary N) is 2. The van der Waals surface area contributed by atoms with E-state index in [4.69, 9.17) is 0 Å². The number of aromatic nitrogens is 2. The summed E-state index contributed by atoms with van der Waals surface area (Å²) in [6, 6.07) is 6.56. The van der Waals surface area contributed by atoms with Crippen molar-refractivity contribution >= 4 is 39.8 Å². The van der Waals surface area contributed by atoms with Crippen molar-refractivity contribution in [3.8, 4) is 0 Å². The summed E-state index contributed by atoms with van der Waals surface area (Å²) in [6.45, 7) is 12.7. The first-order chi connectivity index (χ1) is 12.3. The summed E-state index contributed by atoms with van der Waals surface area (Å²) >= 11 is 2.89. The highest BCUT2D eigenvalue weighted by Crippen LogP contribution is 2.33. The fourth-order valence-corrected chi connectivity index (χ4v) is 4.27. The third-order valence-corrected chi connectivity index (χ3v) is 5.77. The van der Waals surface area contributed by atoms with Gasteiger partial charge in [0.2, 0.25) is 11.0 Å². The Bertz CT molecular complexity index is 715. The van der Waals surface area contributed by atoms with E-state index < -0.39 is 0 Å². The number of hydrogen-bond donors (Lipinski definition) is 2. The zero-order chi connectivity index (χ0) is 19.3. The molecule has 0 bridgehead atoms. The fraction of sp³-hybridized carbons (Fsp3) is 0.526. The van der Waals surface area contributed by atoms with Crippen LogP contribution in [0.25, 0.3) is 0 Å². The molecular formula is C19H28N4OS2. The highest BCUT2D eigenvalue weighted by atomic mass is 32.2. The molecule has 2 rings (SSSR count). The van der Waals surface area contributed by atoms with Crippen molar-refractivity contribution in [2.75, 3.05) is 16.4 Å². The van der Waals surface area contributed by atoms with Crippen molar-refractivity contribution in [3.63, 3.8) is 0 Å². The van der Waals surface area contributed by atoms with E-state index in [0.717, 1.165) is 15.2 Å². The highest BCUT2D eigenvalue weighted by Gasteiger charge is 2.16. The van der Waals surface area contributed by atoms with Crippen molar-refractivity contribution in [2.45, 2.75) is 63.8 Å². The molecular weight excluding hydrogens is 364 g/mol. The van der Waals surface area contributed by atoms with E-state index in [1.165, 1.54) is 34.2 Å². The van der Waals surface area contributed by atoms with Crippen LogP contribution in [0.2, 0.25) is 0 Å². The molecule has 0 unspecified atom stereocenters. The van der Waals surface area contributed by atoms with Gasteiger partial charge < -0.3 is 10.6 Å². The SMILES string of the molecule is CC(C)Nc1nnc(SCC(=O)Nc2c(C(C)C)cccc2C(C)C)s1. The summed E-state index contributed by atoms with van der Waals surface area (Å²) in [5.74, 6) is 1.01. The largest absolute Gasteiger partial charge is 0.358 e. The summed E-state index contributed by atoms with van der Waals surface area (Å²) in [5.41, 5.74) is 3.31. The maximum absolute atomic E-state index is 12.5. The van der Waals surface area contributed by atoms with Gasteiger partial charge in [0, 0.05) is 11.7 Å². The smallest absolute Gasteiger partial charge is 0.234 e. The number of hydrogen-bond acceptors (Lipinski definition) is 6. The van der Waals surface area contributed by atoms with Crippen molar-refractivity contribution in [2.24, 2.45) is 0 Å². The number of rotatable bonds is 8. The molecule has 0 spiro atoms. The number of anilines is 2. The van der Waals surface area contributed by atoms with Gasteiger partial charge in [0.1, 0.15) is 0 Å². The molecule has 0 radical (unpaired) electrons. The molecule has 0 saturated heterocycles. The molecule has 2 N–H and O–H groups in total. The van der Waals surface area contributed by atoms with Gasteiger partial charge in [-0.3, -0.25) is 4.79 Å². The van der Waals surface area contributed by atoms with Crippen molar-refractivity contribution in [1.82, 2.24) is 10.2 Å². The van der Waals surface area contributed by atoms with Gasteiger partial charge in [-0.25, -0.2) is 0 Å². The first kappa shape index (κ1) is 20.7. The summed E-state index contributed by atoms with van der Waals surface area (Å²) in [7, 11) is 0. The average molecular weight is 393 g/mol. The monoisotopic (exact) mass is 392 g/mol. The van der Waals surface area contributed by atoms with E-state index >= 15 is 0 Å². The van der Waals surface area contributed by atoms with Crippen molar-refractivity contribution < 1.29 is 4.79 Å². The van der Waals surface area contributed by atoms with Crippen molar-refractivity contribution in [3.05, 3.63) is 29.3 Å². The van der Waals surface area contributed by atoms with Crippen LogP contribution in [-0.4, -0.2) is 27.9 Å². The third-order valence-electron chi connectivity index (χ3n) is 3.78. The van der Waals surface area contributed by atoms with Crippen LogP contribution in [0.3, 0.4) is 0 Å². The Labute approximate surface area is 164 Å². The maximum atomic E-state index is 12.5. The zero-order valence-electron chi connectivity index (χ0n) is 16.3. The normalized spacial score (nSPS) is 11.4. The van der Waals surface area contributed by atoms with E-state index in [9.17, 15) is 4.79 Å². The van der Waals surface area contributed by atoms with Crippen LogP contribution < -0.4 is 10.6 Å². The Kier molecular flexibility index (Phi) is 7.46. The van der Waals surface area contributed by atoms with Crippen LogP contribution in [0.1, 0.15) is 64.5 Å². The second-order valence-electron chi connectivity index (χ2n) is 7.13. The molecule has 0 atom stereocenters. The van der Waals surface area contributed by atoms with Crippen molar-refractivity contribution in [1.29, 1.82) is 0 Å². The number of carbonyl (C=O) groups is 1. The maximum Gasteiger partial charge on any atom is 0.234 e. The summed E-state index contributed by atoms with van der Waals surface area (Å²) < 4.78 is 0.796. The molecule has 0 saturated carbocycles. The minimum atomic E-state index is -0.0152. The number of benzene rings is 1. The van der Waals surface area contributed by atoms with Gasteiger partial charge in [0.15, 0.2) is 4.34 Å². The second kappa shape index (κ2) is 9.37. The number of carbonyl (C=O) groups excluding carboxylic acids is 1. The number of amides is 1. The molecule has 1 heterocycles. The Morgan fingerprint density at radius 1 is 1.08 bits per heavy atom. The fourth-order valence-electron chi connectivity index (χ4n) is 2.57. The van der Waals surface area contributed by atoms with E-state index in [1.807, 2.05) is 0 Å². The van der Waals surface area contributed by atoms with Gasteiger partial charge in [-0.15, -0.1) is 10.2 Å². The van der Waals surface area contributed by atoms with Crippen LogP contribution in [0.15, 0.2) is 22.5 Å². The minimum absolute atomic E-state index is 0.0152. The Balaban J connectivity index is 2.04. The van der Waals surface area contributed by atoms with Crippen LogP contribution in [0.5, 0.6) is 0 Å². The molecule has 0 aliphatic carbocycles. The summed E-state index contributed by atoms with van der Waals surface area (Å²) in [5, 5.41) is 15.4. The van der Waals surface area contributed by atoms with Crippen LogP contribution in [0, 0.1) is 0 Å². The molecule has 0 fully saturated rings. The van der Waals surface area contributed by atoms with E-state index in [-0.39, 0.29) is 5.91 Å². The number of thioether (sulfide) groups is 1. The Hall–Kier alpha value is -1.60. The van der Waals surface area contributed by atoms with E-state index in [2.05, 4.69) is 80.6 Å². The van der Waals surface area contributed by atoms with E-state index in [1.54, 1.807) is 0 Å². The minimum Gasteiger partial charge on any atom is -0.358 e. The van der Waals surface area contributed by atoms with Crippen LogP contribution in [-0.2, 0) is 4.79 Å². The van der Waals surface area contributed by atoms with E-state index in [0.29, 0.717) is 23.6 Å². The van der Waals surface area contributed by atoms with Gasteiger partial charge >= 0.3 is 0 Å². The van der Waals surface area contributed by atoms with Crippen LogP contribution in [0.4, 0.5) is 10.8 Å². The predicted molar refractivity (Wildman–Crippen MR) is 113 cm³/mol. The van der Waals surface area contributed by atoms with Gasteiger partial charge in [-0.05, 0) is 36.8 Å². The average Bonchev–Trinajstić information content (AvgIpc) is 2.99. The third kappa shape index (κ3) is 5.71. The molecule has 7 heteroatoms. The Morgan fingerprint density at radius 3 is 2.23 bits per heavy atom. The number of nitrogens with zero attached hydrogens (tertiary/aromatic N) is 2. The molecule has 0 aliphatic heterocycles. The zero-order valence-corrected chi connectivity index (χ0v) is 17.9. The van der Waals surface area contributed by atoms with Gasteiger partial charge in [0.25, 0.3) is 0 Å². The molecule has 5 nitrogen and oxygen atoms in total. The standard InChI is InChI=1S/C19H28N4OS2/c1-11(2)14-8-7-9-15(12(3)4)17(14)21-16(24)10-25-19-23-22-18(26-19)20-13(5)6/h7-9,11-13H,10H2,1-6H3,(H,20,22)(H,21,24). The molecule has 1 aromatic heterocycles. The first-order valence-corrected chi connectivity index (χ1v) is 10.7. The quantitative estimate of drug-likeness (QED) is 0.594. The lowest BCUT2D eigenvalue weighted by molar-refractivity contribution is -0.113. The molecule has 142 valence electrons. The molecule has 26 heavy (non-hydrogen) atoms. The summed E-state index contributed by atoms with van der Waals surface area (Å²) in [6.07, 6.45) is 0. The van der Waals surface area contributed by atoms with Crippen LogP contribution >= 0.6 is 23.1 Å². The van der Waals surface area contributed by atoms with Gasteiger partial charge in [-0.1, -0.05) is 69.0 Å². The highest BCUT2D eigenvalue weighted by molar-refractivity contribution is 8.01. The topological polar surface area (TPSA) is 66.9 Å². The molecule has 0 aliphatic rings. The lowest BCUT2D eigenvalue weighted by Crippen LogP contribution is -2.17. The second-order valence-corrected chi connectivity index (χ2v) is 9.33. The lowest BCUT2D eigenvalue weighted by atomic mass is 9.92.